The van der Waals surface area contributed by atoms with E-state index in [1.165, 1.54) is 30.9 Å². The van der Waals surface area contributed by atoms with Crippen LogP contribution in [0.25, 0.3) is 21.9 Å². The summed E-state index contributed by atoms with van der Waals surface area (Å²) < 4.78 is 2.16. The number of pyridine rings is 1. The van der Waals surface area contributed by atoms with Gasteiger partial charge in [0.25, 0.3) is 11.5 Å². The number of nitrogens with zero attached hydrogens (tertiary/aromatic N) is 3. The van der Waals surface area contributed by atoms with Gasteiger partial charge in [-0.2, -0.15) is 0 Å². The standard InChI is InChI=1S/C20H18N6O4/c1-25-17-14(19(29)26(2)20(25)30)7-12(10-22-17)18(28)24-23-16(27)8-11-9-21-15-6-4-3-5-13(11)15/h3-7,9-10,21H,8H2,1-2H3,(H,23,27)(H,24,28). The molecule has 0 unspecified atom stereocenters. The average molecular weight is 406 g/mol. The Labute approximate surface area is 169 Å². The molecule has 152 valence electrons. The van der Waals surface area contributed by atoms with Gasteiger partial charge in [0.05, 0.1) is 17.4 Å². The lowest BCUT2D eigenvalue weighted by molar-refractivity contribution is -0.121. The van der Waals surface area contributed by atoms with Crippen LogP contribution < -0.4 is 22.1 Å². The number of amides is 2. The van der Waals surface area contributed by atoms with Crippen molar-refractivity contribution in [3.63, 3.8) is 0 Å². The number of nitrogens with one attached hydrogen (secondary N) is 3. The molecular weight excluding hydrogens is 388 g/mol. The van der Waals surface area contributed by atoms with Crippen molar-refractivity contribution in [3.05, 3.63) is 74.7 Å². The number of benzene rings is 1. The topological polar surface area (TPSA) is 131 Å². The molecule has 2 amide bonds. The number of fused-ring (bicyclic) bond motifs is 2. The highest BCUT2D eigenvalue weighted by Gasteiger charge is 2.15. The van der Waals surface area contributed by atoms with Crippen LogP contribution in [-0.2, 0) is 25.3 Å². The minimum absolute atomic E-state index is 0.0723. The lowest BCUT2D eigenvalue weighted by Crippen LogP contribution is -2.42. The third kappa shape index (κ3) is 3.24. The average Bonchev–Trinajstić information content (AvgIpc) is 3.17. The molecule has 0 radical (unpaired) electrons. The van der Waals surface area contributed by atoms with Crippen molar-refractivity contribution in [1.82, 2.24) is 30.0 Å². The maximum atomic E-state index is 12.4. The number of aromatic nitrogens is 4. The van der Waals surface area contributed by atoms with Crippen LogP contribution >= 0.6 is 0 Å². The summed E-state index contributed by atoms with van der Waals surface area (Å²) in [5.74, 6) is -1.03. The fourth-order valence-electron chi connectivity index (χ4n) is 3.28. The van der Waals surface area contributed by atoms with Gasteiger partial charge < -0.3 is 4.98 Å². The van der Waals surface area contributed by atoms with Gasteiger partial charge >= 0.3 is 5.69 Å². The molecule has 0 aliphatic carbocycles. The molecule has 3 heterocycles. The number of aromatic amines is 1. The Morgan fingerprint density at radius 2 is 1.83 bits per heavy atom. The van der Waals surface area contributed by atoms with Gasteiger partial charge in [0.15, 0.2) is 0 Å². The van der Waals surface area contributed by atoms with Crippen molar-refractivity contribution in [3.8, 4) is 0 Å². The zero-order valence-electron chi connectivity index (χ0n) is 16.2. The smallest absolute Gasteiger partial charge is 0.332 e. The Hall–Kier alpha value is -4.21. The summed E-state index contributed by atoms with van der Waals surface area (Å²) in [6.45, 7) is 0. The molecule has 3 aromatic heterocycles. The molecule has 30 heavy (non-hydrogen) atoms. The Bertz CT molecular complexity index is 1430. The summed E-state index contributed by atoms with van der Waals surface area (Å²) in [6.07, 6.45) is 3.06. The van der Waals surface area contributed by atoms with Crippen LogP contribution in [0.1, 0.15) is 15.9 Å². The Morgan fingerprint density at radius 3 is 2.63 bits per heavy atom. The monoisotopic (exact) mass is 406 g/mol. The highest BCUT2D eigenvalue weighted by atomic mass is 16.2. The predicted octanol–water partition coefficient (Wildman–Crippen LogP) is 0.117. The van der Waals surface area contributed by atoms with E-state index >= 15 is 0 Å². The van der Waals surface area contributed by atoms with Gasteiger partial charge in [-0.1, -0.05) is 18.2 Å². The molecule has 0 atom stereocenters. The van der Waals surface area contributed by atoms with Crippen molar-refractivity contribution in [2.45, 2.75) is 6.42 Å². The highest BCUT2D eigenvalue weighted by Crippen LogP contribution is 2.17. The highest BCUT2D eigenvalue weighted by molar-refractivity contribution is 5.98. The summed E-state index contributed by atoms with van der Waals surface area (Å²) in [4.78, 5) is 56.1. The Kier molecular flexibility index (Phi) is 4.66. The second kappa shape index (κ2) is 7.32. The summed E-state index contributed by atoms with van der Waals surface area (Å²) in [7, 11) is 2.84. The van der Waals surface area contributed by atoms with E-state index in [1.54, 1.807) is 6.20 Å². The van der Waals surface area contributed by atoms with E-state index in [2.05, 4.69) is 20.8 Å². The molecular formula is C20H18N6O4. The van der Waals surface area contributed by atoms with Crippen LogP contribution in [0.2, 0.25) is 0 Å². The lowest BCUT2D eigenvalue weighted by Gasteiger charge is -2.09. The van der Waals surface area contributed by atoms with Crippen molar-refractivity contribution in [2.24, 2.45) is 14.1 Å². The van der Waals surface area contributed by atoms with E-state index in [0.717, 1.165) is 21.0 Å². The minimum Gasteiger partial charge on any atom is -0.361 e. The SMILES string of the molecule is Cn1c(=O)c2cc(C(=O)NNC(=O)Cc3c[nH]c4ccccc34)cnc2n(C)c1=O. The van der Waals surface area contributed by atoms with E-state index in [-0.39, 0.29) is 23.0 Å². The molecule has 0 saturated carbocycles. The number of carbonyl (C=O) groups is 2. The first-order valence-corrected chi connectivity index (χ1v) is 9.06. The first-order chi connectivity index (χ1) is 14.4. The van der Waals surface area contributed by atoms with Gasteiger partial charge in [0, 0.05) is 37.4 Å². The van der Waals surface area contributed by atoms with E-state index in [0.29, 0.717) is 0 Å². The Morgan fingerprint density at radius 1 is 1.07 bits per heavy atom. The number of H-pyrrole nitrogens is 1. The van der Waals surface area contributed by atoms with E-state index in [4.69, 9.17) is 0 Å². The molecule has 3 N–H and O–H groups in total. The van der Waals surface area contributed by atoms with Crippen LogP contribution in [0, 0.1) is 0 Å². The fraction of sp³-hybridized carbons (Fsp3) is 0.150. The summed E-state index contributed by atoms with van der Waals surface area (Å²) in [5, 5.41) is 1.05. The first-order valence-electron chi connectivity index (χ1n) is 9.06. The quantitative estimate of drug-likeness (QED) is 0.416. The first kappa shape index (κ1) is 19.1. The molecule has 0 aliphatic heterocycles. The van der Waals surface area contributed by atoms with Crippen LogP contribution in [0.3, 0.4) is 0 Å². The third-order valence-corrected chi connectivity index (χ3v) is 4.90. The van der Waals surface area contributed by atoms with E-state index in [1.807, 2.05) is 24.3 Å². The van der Waals surface area contributed by atoms with Gasteiger partial charge in [0.1, 0.15) is 5.65 Å². The molecule has 10 nitrogen and oxygen atoms in total. The van der Waals surface area contributed by atoms with Gasteiger partial charge in [0.2, 0.25) is 5.91 Å². The number of hydrogen-bond donors (Lipinski definition) is 3. The van der Waals surface area contributed by atoms with E-state index < -0.39 is 23.1 Å². The number of hydrazine groups is 1. The summed E-state index contributed by atoms with van der Waals surface area (Å²) in [5.41, 5.74) is 5.57. The normalized spacial score (nSPS) is 11.0. The van der Waals surface area contributed by atoms with Crippen molar-refractivity contribution in [2.75, 3.05) is 0 Å². The maximum absolute atomic E-state index is 12.4. The van der Waals surface area contributed by atoms with E-state index in [9.17, 15) is 19.2 Å². The number of hydrogen-bond acceptors (Lipinski definition) is 5. The number of carbonyl (C=O) groups excluding carboxylic acids is 2. The second-order valence-corrected chi connectivity index (χ2v) is 6.84. The Balaban J connectivity index is 1.50. The number of para-hydroxylation sites is 1. The number of aryl methyl sites for hydroxylation is 1. The van der Waals surface area contributed by atoms with Crippen LogP contribution in [0.4, 0.5) is 0 Å². The van der Waals surface area contributed by atoms with Gasteiger partial charge in [-0.25, -0.2) is 9.78 Å². The van der Waals surface area contributed by atoms with Gasteiger partial charge in [-0.15, -0.1) is 0 Å². The molecule has 0 aliphatic rings. The minimum atomic E-state index is -0.632. The number of rotatable bonds is 3. The van der Waals surface area contributed by atoms with Crippen molar-refractivity contribution in [1.29, 1.82) is 0 Å². The second-order valence-electron chi connectivity index (χ2n) is 6.84. The van der Waals surface area contributed by atoms with Gasteiger partial charge in [-0.05, 0) is 17.7 Å². The zero-order chi connectivity index (χ0) is 21.4. The predicted molar refractivity (Wildman–Crippen MR) is 110 cm³/mol. The van der Waals surface area contributed by atoms with Crippen LogP contribution in [0.15, 0.2) is 52.3 Å². The zero-order valence-corrected chi connectivity index (χ0v) is 16.2. The largest absolute Gasteiger partial charge is 0.361 e. The fourth-order valence-corrected chi connectivity index (χ4v) is 3.28. The molecule has 4 rings (SSSR count). The summed E-state index contributed by atoms with van der Waals surface area (Å²) >= 11 is 0. The van der Waals surface area contributed by atoms with Crippen LogP contribution in [-0.4, -0.2) is 30.9 Å². The third-order valence-electron chi connectivity index (χ3n) is 4.90. The molecule has 4 aromatic rings. The molecule has 0 fully saturated rings. The lowest BCUT2D eigenvalue weighted by atomic mass is 10.1. The maximum Gasteiger partial charge on any atom is 0.332 e. The molecule has 10 heteroatoms. The van der Waals surface area contributed by atoms with Crippen LogP contribution in [0.5, 0.6) is 0 Å². The molecule has 0 spiro atoms. The molecule has 1 aromatic carbocycles. The van der Waals surface area contributed by atoms with Crippen molar-refractivity contribution >= 4 is 33.8 Å². The molecule has 0 saturated heterocycles. The van der Waals surface area contributed by atoms with Crippen molar-refractivity contribution < 1.29 is 9.59 Å². The molecule has 0 bridgehead atoms. The van der Waals surface area contributed by atoms with Gasteiger partial charge in [-0.3, -0.25) is 34.4 Å². The summed E-state index contributed by atoms with van der Waals surface area (Å²) in [6, 6.07) is 8.93.